The summed E-state index contributed by atoms with van der Waals surface area (Å²) in [5.41, 5.74) is 8.87. The van der Waals surface area contributed by atoms with Crippen LogP contribution in [0.15, 0.2) is 6.07 Å². The average Bonchev–Trinajstić information content (AvgIpc) is 2.86. The van der Waals surface area contributed by atoms with Gasteiger partial charge in [0.15, 0.2) is 5.65 Å². The highest BCUT2D eigenvalue weighted by Crippen LogP contribution is 2.27. The predicted octanol–water partition coefficient (Wildman–Crippen LogP) is 1.77. The van der Waals surface area contributed by atoms with Crippen molar-refractivity contribution < 1.29 is 4.79 Å². The molecule has 3 rings (SSSR count). The Morgan fingerprint density at radius 3 is 3.00 bits per heavy atom. The Labute approximate surface area is 130 Å². The number of nitrogens with two attached hydrogens (primary N) is 1. The van der Waals surface area contributed by atoms with Crippen LogP contribution in [0, 0.1) is 19.8 Å². The number of H-pyrrole nitrogens is 1. The molecule has 2 aromatic heterocycles. The van der Waals surface area contributed by atoms with Crippen LogP contribution in [-0.4, -0.2) is 45.1 Å². The SMILES string of the molecule is Cc1cc(C(=O)N2CCC(C)CC2CN)c2c(C)[nH]nc2n1. The van der Waals surface area contributed by atoms with Crippen LogP contribution in [0.2, 0.25) is 0 Å². The maximum atomic E-state index is 13.1. The van der Waals surface area contributed by atoms with Gasteiger partial charge in [-0.15, -0.1) is 0 Å². The fourth-order valence-electron chi connectivity index (χ4n) is 3.37. The molecule has 0 radical (unpaired) electrons. The van der Waals surface area contributed by atoms with Gasteiger partial charge in [-0.05, 0) is 38.7 Å². The molecule has 3 N–H and O–H groups in total. The monoisotopic (exact) mass is 301 g/mol. The van der Waals surface area contributed by atoms with E-state index in [0.29, 0.717) is 23.7 Å². The van der Waals surface area contributed by atoms with Crippen molar-refractivity contribution in [2.75, 3.05) is 13.1 Å². The Balaban J connectivity index is 2.03. The molecule has 2 aromatic rings. The van der Waals surface area contributed by atoms with Crippen molar-refractivity contribution in [1.29, 1.82) is 0 Å². The number of piperidine rings is 1. The lowest BCUT2D eigenvalue weighted by molar-refractivity contribution is 0.0575. The zero-order valence-corrected chi connectivity index (χ0v) is 13.4. The summed E-state index contributed by atoms with van der Waals surface area (Å²) in [6.07, 6.45) is 2.00. The van der Waals surface area contributed by atoms with Gasteiger partial charge in [-0.3, -0.25) is 9.89 Å². The topological polar surface area (TPSA) is 87.9 Å². The van der Waals surface area contributed by atoms with Crippen LogP contribution >= 0.6 is 0 Å². The fraction of sp³-hybridized carbons (Fsp3) is 0.562. The van der Waals surface area contributed by atoms with Crippen molar-refractivity contribution in [1.82, 2.24) is 20.1 Å². The van der Waals surface area contributed by atoms with E-state index in [-0.39, 0.29) is 11.9 Å². The number of amides is 1. The van der Waals surface area contributed by atoms with E-state index in [1.807, 2.05) is 24.8 Å². The number of nitrogens with zero attached hydrogens (tertiary/aromatic N) is 3. The van der Waals surface area contributed by atoms with E-state index in [2.05, 4.69) is 22.1 Å². The molecule has 0 spiro atoms. The summed E-state index contributed by atoms with van der Waals surface area (Å²) >= 11 is 0. The first-order valence-electron chi connectivity index (χ1n) is 7.84. The minimum atomic E-state index is 0.0438. The first-order valence-corrected chi connectivity index (χ1v) is 7.84. The van der Waals surface area contributed by atoms with Gasteiger partial charge in [0.2, 0.25) is 0 Å². The van der Waals surface area contributed by atoms with E-state index >= 15 is 0 Å². The molecular formula is C16H23N5O. The second kappa shape index (κ2) is 5.68. The molecule has 0 aliphatic carbocycles. The molecule has 118 valence electrons. The van der Waals surface area contributed by atoms with Crippen molar-refractivity contribution in [3.05, 3.63) is 23.0 Å². The maximum absolute atomic E-state index is 13.1. The number of nitrogens with one attached hydrogen (secondary N) is 1. The molecule has 2 unspecified atom stereocenters. The summed E-state index contributed by atoms with van der Waals surface area (Å²) in [4.78, 5) is 19.4. The van der Waals surface area contributed by atoms with Crippen LogP contribution in [0.25, 0.3) is 11.0 Å². The number of carbonyl (C=O) groups is 1. The van der Waals surface area contributed by atoms with Crippen LogP contribution in [0.1, 0.15) is 41.5 Å². The summed E-state index contributed by atoms with van der Waals surface area (Å²) in [5, 5.41) is 7.94. The maximum Gasteiger partial charge on any atom is 0.255 e. The lowest BCUT2D eigenvalue weighted by Crippen LogP contribution is -2.49. The highest BCUT2D eigenvalue weighted by atomic mass is 16.2. The molecule has 3 heterocycles. The first kappa shape index (κ1) is 15.0. The molecule has 1 saturated heterocycles. The van der Waals surface area contributed by atoms with Gasteiger partial charge >= 0.3 is 0 Å². The Kier molecular flexibility index (Phi) is 3.87. The highest BCUT2D eigenvalue weighted by Gasteiger charge is 2.31. The molecule has 0 saturated carbocycles. The average molecular weight is 301 g/mol. The lowest BCUT2D eigenvalue weighted by atomic mass is 9.91. The van der Waals surface area contributed by atoms with E-state index < -0.39 is 0 Å². The Morgan fingerprint density at radius 1 is 1.50 bits per heavy atom. The van der Waals surface area contributed by atoms with Crippen LogP contribution in [-0.2, 0) is 0 Å². The number of aromatic amines is 1. The van der Waals surface area contributed by atoms with E-state index in [9.17, 15) is 4.79 Å². The Hall–Kier alpha value is -1.95. The highest BCUT2D eigenvalue weighted by molar-refractivity contribution is 6.06. The van der Waals surface area contributed by atoms with Crippen LogP contribution in [0.5, 0.6) is 0 Å². The molecule has 0 bridgehead atoms. The van der Waals surface area contributed by atoms with Gasteiger partial charge in [0.05, 0.1) is 10.9 Å². The number of aryl methyl sites for hydroxylation is 2. The zero-order valence-electron chi connectivity index (χ0n) is 13.4. The normalized spacial score (nSPS) is 22.3. The van der Waals surface area contributed by atoms with Gasteiger partial charge in [-0.2, -0.15) is 5.10 Å². The standard InChI is InChI=1S/C16H23N5O/c1-9-4-5-21(12(6-9)8-17)16(22)13-7-10(2)18-15-14(13)11(3)19-20-15/h7,9,12H,4-6,8,17H2,1-3H3,(H,18,19,20). The van der Waals surface area contributed by atoms with Crippen molar-refractivity contribution >= 4 is 16.9 Å². The lowest BCUT2D eigenvalue weighted by Gasteiger charge is -2.38. The van der Waals surface area contributed by atoms with Gasteiger partial charge in [0.25, 0.3) is 5.91 Å². The summed E-state index contributed by atoms with van der Waals surface area (Å²) < 4.78 is 0. The van der Waals surface area contributed by atoms with Gasteiger partial charge < -0.3 is 10.6 Å². The van der Waals surface area contributed by atoms with Gasteiger partial charge in [0.1, 0.15) is 0 Å². The van der Waals surface area contributed by atoms with E-state index in [0.717, 1.165) is 36.2 Å². The molecule has 1 amide bonds. The Morgan fingerprint density at radius 2 is 2.27 bits per heavy atom. The van der Waals surface area contributed by atoms with E-state index in [4.69, 9.17) is 5.73 Å². The minimum absolute atomic E-state index is 0.0438. The summed E-state index contributed by atoms with van der Waals surface area (Å²) in [6.45, 7) is 7.30. The summed E-state index contributed by atoms with van der Waals surface area (Å²) in [5.74, 6) is 0.662. The van der Waals surface area contributed by atoms with Gasteiger partial charge in [-0.25, -0.2) is 4.98 Å². The predicted molar refractivity (Wildman–Crippen MR) is 85.6 cm³/mol. The largest absolute Gasteiger partial charge is 0.334 e. The van der Waals surface area contributed by atoms with Crippen molar-refractivity contribution in [3.63, 3.8) is 0 Å². The van der Waals surface area contributed by atoms with Gasteiger partial charge in [-0.1, -0.05) is 6.92 Å². The number of rotatable bonds is 2. The third-order valence-corrected chi connectivity index (χ3v) is 4.57. The smallest absolute Gasteiger partial charge is 0.255 e. The first-order chi connectivity index (χ1) is 10.5. The molecule has 1 aliphatic heterocycles. The number of likely N-dealkylation sites (tertiary alicyclic amines) is 1. The van der Waals surface area contributed by atoms with Crippen LogP contribution in [0.4, 0.5) is 0 Å². The molecule has 22 heavy (non-hydrogen) atoms. The number of fused-ring (bicyclic) bond motifs is 1. The van der Waals surface area contributed by atoms with Gasteiger partial charge in [0, 0.05) is 30.5 Å². The number of hydrogen-bond donors (Lipinski definition) is 2. The third-order valence-electron chi connectivity index (χ3n) is 4.57. The number of carbonyl (C=O) groups excluding carboxylic acids is 1. The molecular weight excluding hydrogens is 278 g/mol. The van der Waals surface area contributed by atoms with Crippen LogP contribution in [0.3, 0.4) is 0 Å². The molecule has 0 aromatic carbocycles. The summed E-state index contributed by atoms with van der Waals surface area (Å²) in [6, 6.07) is 1.98. The van der Waals surface area contributed by atoms with Crippen LogP contribution < -0.4 is 5.73 Å². The van der Waals surface area contributed by atoms with E-state index in [1.165, 1.54) is 0 Å². The van der Waals surface area contributed by atoms with Crippen molar-refractivity contribution in [3.8, 4) is 0 Å². The number of aromatic nitrogens is 3. The quantitative estimate of drug-likeness (QED) is 0.885. The molecule has 1 fully saturated rings. The molecule has 2 atom stereocenters. The third kappa shape index (κ3) is 2.47. The Bertz CT molecular complexity index is 708. The molecule has 1 aliphatic rings. The minimum Gasteiger partial charge on any atom is -0.334 e. The second-order valence-corrected chi connectivity index (χ2v) is 6.38. The molecule has 6 heteroatoms. The van der Waals surface area contributed by atoms with E-state index in [1.54, 1.807) is 0 Å². The zero-order chi connectivity index (χ0) is 15.9. The number of pyridine rings is 1. The van der Waals surface area contributed by atoms with Crippen molar-refractivity contribution in [2.45, 2.75) is 39.7 Å². The molecule has 6 nitrogen and oxygen atoms in total. The summed E-state index contributed by atoms with van der Waals surface area (Å²) in [7, 11) is 0. The number of hydrogen-bond acceptors (Lipinski definition) is 4. The second-order valence-electron chi connectivity index (χ2n) is 6.38. The fourth-order valence-corrected chi connectivity index (χ4v) is 3.37. The van der Waals surface area contributed by atoms with Crippen molar-refractivity contribution in [2.24, 2.45) is 11.7 Å².